The molecule has 19 heavy (non-hydrogen) atoms. The Hall–Kier alpha value is -1.36. The third kappa shape index (κ3) is 4.06. The van der Waals surface area contributed by atoms with E-state index in [1.807, 2.05) is 19.2 Å². The Bertz CT molecular complexity index is 418. The maximum Gasteiger partial charge on any atom is 0.170 e. The molecule has 4 nitrogen and oxygen atoms in total. The SMILES string of the molecule is CCNC(=S)Nc1ccc(N2CCC[C@@H](C)C2)nc1. The van der Waals surface area contributed by atoms with Crippen molar-refractivity contribution in [2.75, 3.05) is 29.9 Å². The van der Waals surface area contributed by atoms with E-state index in [0.717, 1.165) is 37.1 Å². The molecule has 0 radical (unpaired) electrons. The molecule has 0 unspecified atom stereocenters. The number of nitrogens with one attached hydrogen (secondary N) is 2. The first-order chi connectivity index (χ1) is 9.19. The lowest BCUT2D eigenvalue weighted by Crippen LogP contribution is -2.34. The van der Waals surface area contributed by atoms with Crippen molar-refractivity contribution in [1.82, 2.24) is 10.3 Å². The van der Waals surface area contributed by atoms with E-state index in [9.17, 15) is 0 Å². The number of rotatable bonds is 3. The summed E-state index contributed by atoms with van der Waals surface area (Å²) in [6, 6.07) is 4.10. The van der Waals surface area contributed by atoms with Gasteiger partial charge in [0.05, 0.1) is 11.9 Å². The van der Waals surface area contributed by atoms with Gasteiger partial charge in [-0.3, -0.25) is 0 Å². The molecule has 1 atom stereocenters. The molecule has 104 valence electrons. The molecule has 0 aromatic carbocycles. The lowest BCUT2D eigenvalue weighted by molar-refractivity contribution is 0.444. The van der Waals surface area contributed by atoms with Crippen LogP contribution >= 0.6 is 12.2 Å². The van der Waals surface area contributed by atoms with Crippen LogP contribution in [0, 0.1) is 5.92 Å². The second-order valence-electron chi connectivity index (χ2n) is 5.08. The number of hydrogen-bond donors (Lipinski definition) is 2. The summed E-state index contributed by atoms with van der Waals surface area (Å²) in [5, 5.41) is 6.82. The molecule has 0 saturated carbocycles. The average Bonchev–Trinajstić information content (AvgIpc) is 2.40. The lowest BCUT2D eigenvalue weighted by atomic mass is 10.0. The Kier molecular flexibility index (Phi) is 4.96. The monoisotopic (exact) mass is 278 g/mol. The second-order valence-corrected chi connectivity index (χ2v) is 5.49. The van der Waals surface area contributed by atoms with E-state index >= 15 is 0 Å². The van der Waals surface area contributed by atoms with Gasteiger partial charge in [-0.1, -0.05) is 6.92 Å². The molecule has 0 aliphatic carbocycles. The average molecular weight is 278 g/mol. The molecule has 1 aliphatic heterocycles. The Morgan fingerprint density at radius 2 is 2.37 bits per heavy atom. The number of thiocarbonyl (C=S) groups is 1. The van der Waals surface area contributed by atoms with E-state index in [0.29, 0.717) is 5.11 Å². The maximum atomic E-state index is 5.15. The van der Waals surface area contributed by atoms with Gasteiger partial charge < -0.3 is 15.5 Å². The van der Waals surface area contributed by atoms with Crippen LogP contribution in [0.25, 0.3) is 0 Å². The van der Waals surface area contributed by atoms with Gasteiger partial charge in [0.15, 0.2) is 5.11 Å². The van der Waals surface area contributed by atoms with Crippen molar-refractivity contribution < 1.29 is 0 Å². The van der Waals surface area contributed by atoms with Gasteiger partial charge in [0, 0.05) is 19.6 Å². The molecule has 1 saturated heterocycles. The van der Waals surface area contributed by atoms with Crippen LogP contribution in [0.15, 0.2) is 18.3 Å². The smallest absolute Gasteiger partial charge is 0.170 e. The van der Waals surface area contributed by atoms with E-state index in [1.54, 1.807) is 0 Å². The van der Waals surface area contributed by atoms with Gasteiger partial charge in [-0.2, -0.15) is 0 Å². The zero-order chi connectivity index (χ0) is 13.7. The van der Waals surface area contributed by atoms with Crippen molar-refractivity contribution in [3.63, 3.8) is 0 Å². The van der Waals surface area contributed by atoms with E-state index in [-0.39, 0.29) is 0 Å². The van der Waals surface area contributed by atoms with Gasteiger partial charge in [0.1, 0.15) is 5.82 Å². The van der Waals surface area contributed by atoms with Crippen molar-refractivity contribution in [3.05, 3.63) is 18.3 Å². The number of nitrogens with zero attached hydrogens (tertiary/aromatic N) is 2. The number of anilines is 2. The molecular weight excluding hydrogens is 256 g/mol. The topological polar surface area (TPSA) is 40.2 Å². The van der Waals surface area contributed by atoms with Crippen LogP contribution in [-0.2, 0) is 0 Å². The normalized spacial score (nSPS) is 19.1. The van der Waals surface area contributed by atoms with Gasteiger partial charge in [-0.15, -0.1) is 0 Å². The van der Waals surface area contributed by atoms with Gasteiger partial charge in [-0.05, 0) is 50.0 Å². The molecule has 0 amide bonds. The van der Waals surface area contributed by atoms with Crippen LogP contribution < -0.4 is 15.5 Å². The zero-order valence-electron chi connectivity index (χ0n) is 11.6. The summed E-state index contributed by atoms with van der Waals surface area (Å²) in [6.07, 6.45) is 4.43. The summed E-state index contributed by atoms with van der Waals surface area (Å²) >= 11 is 5.15. The molecule has 0 bridgehead atoms. The van der Waals surface area contributed by atoms with E-state index < -0.39 is 0 Å². The minimum absolute atomic E-state index is 0.642. The third-order valence-corrected chi connectivity index (χ3v) is 3.57. The Morgan fingerprint density at radius 1 is 1.53 bits per heavy atom. The zero-order valence-corrected chi connectivity index (χ0v) is 12.5. The summed E-state index contributed by atoms with van der Waals surface area (Å²) in [5.41, 5.74) is 0.930. The van der Waals surface area contributed by atoms with Crippen molar-refractivity contribution in [2.24, 2.45) is 5.92 Å². The first-order valence-corrected chi connectivity index (χ1v) is 7.35. The van der Waals surface area contributed by atoms with Crippen LogP contribution in [0.1, 0.15) is 26.7 Å². The molecule has 2 rings (SSSR count). The molecule has 1 fully saturated rings. The van der Waals surface area contributed by atoms with Crippen LogP contribution in [0.4, 0.5) is 11.5 Å². The summed E-state index contributed by atoms with van der Waals surface area (Å²) in [5.74, 6) is 1.82. The maximum absolute atomic E-state index is 5.15. The molecule has 5 heteroatoms. The number of aromatic nitrogens is 1. The molecule has 2 N–H and O–H groups in total. The Labute approximate surface area is 120 Å². The Balaban J connectivity index is 1.96. The molecule has 0 spiro atoms. The molecule has 1 aliphatic rings. The molecule has 1 aromatic rings. The van der Waals surface area contributed by atoms with Crippen molar-refractivity contribution in [1.29, 1.82) is 0 Å². The largest absolute Gasteiger partial charge is 0.363 e. The highest BCUT2D eigenvalue weighted by Gasteiger charge is 2.17. The highest BCUT2D eigenvalue weighted by Crippen LogP contribution is 2.21. The van der Waals surface area contributed by atoms with Gasteiger partial charge in [-0.25, -0.2) is 4.98 Å². The summed E-state index contributed by atoms with van der Waals surface area (Å²) in [4.78, 5) is 6.89. The fourth-order valence-corrected chi connectivity index (χ4v) is 2.64. The van der Waals surface area contributed by atoms with E-state index in [1.165, 1.54) is 12.8 Å². The quantitative estimate of drug-likeness (QED) is 0.832. The fraction of sp³-hybridized carbons (Fsp3) is 0.571. The van der Waals surface area contributed by atoms with Crippen LogP contribution in [0.2, 0.25) is 0 Å². The molecule has 2 heterocycles. The summed E-state index contributed by atoms with van der Waals surface area (Å²) in [6.45, 7) is 7.36. The van der Waals surface area contributed by atoms with Crippen molar-refractivity contribution >= 4 is 28.8 Å². The lowest BCUT2D eigenvalue weighted by Gasteiger charge is -2.31. The second kappa shape index (κ2) is 6.70. The van der Waals surface area contributed by atoms with Gasteiger partial charge >= 0.3 is 0 Å². The first kappa shape index (κ1) is 14.1. The highest BCUT2D eigenvalue weighted by molar-refractivity contribution is 7.80. The molecule has 1 aromatic heterocycles. The third-order valence-electron chi connectivity index (χ3n) is 3.32. The van der Waals surface area contributed by atoms with Crippen molar-refractivity contribution in [3.8, 4) is 0 Å². The van der Waals surface area contributed by atoms with Gasteiger partial charge in [0.2, 0.25) is 0 Å². The fourth-order valence-electron chi connectivity index (χ4n) is 2.38. The standard InChI is InChI=1S/C14H22N4S/c1-3-15-14(19)17-12-6-7-13(16-9-12)18-8-4-5-11(2)10-18/h6-7,9,11H,3-5,8,10H2,1-2H3,(H2,15,17,19)/t11-/m1/s1. The van der Waals surface area contributed by atoms with E-state index in [2.05, 4.69) is 33.5 Å². The van der Waals surface area contributed by atoms with E-state index in [4.69, 9.17) is 12.2 Å². The van der Waals surface area contributed by atoms with Crippen molar-refractivity contribution in [2.45, 2.75) is 26.7 Å². The van der Waals surface area contributed by atoms with Crippen LogP contribution in [0.3, 0.4) is 0 Å². The minimum atomic E-state index is 0.642. The number of piperidine rings is 1. The predicted octanol–water partition coefficient (Wildman–Crippen LogP) is 2.62. The minimum Gasteiger partial charge on any atom is -0.363 e. The number of hydrogen-bond acceptors (Lipinski definition) is 3. The number of pyridine rings is 1. The highest BCUT2D eigenvalue weighted by atomic mass is 32.1. The van der Waals surface area contributed by atoms with Crippen LogP contribution in [-0.4, -0.2) is 29.7 Å². The summed E-state index contributed by atoms with van der Waals surface area (Å²) < 4.78 is 0. The summed E-state index contributed by atoms with van der Waals surface area (Å²) in [7, 11) is 0. The first-order valence-electron chi connectivity index (χ1n) is 6.95. The van der Waals surface area contributed by atoms with Crippen LogP contribution in [0.5, 0.6) is 0 Å². The molecular formula is C14H22N4S. The predicted molar refractivity (Wildman–Crippen MR) is 84.7 cm³/mol. The Morgan fingerprint density at radius 3 is 3.00 bits per heavy atom. The van der Waals surface area contributed by atoms with Gasteiger partial charge in [0.25, 0.3) is 0 Å².